The first kappa shape index (κ1) is 16.0. The summed E-state index contributed by atoms with van der Waals surface area (Å²) in [7, 11) is 0. The summed E-state index contributed by atoms with van der Waals surface area (Å²) in [6.07, 6.45) is 1.58. The topological polar surface area (TPSA) is 44.4 Å². The fourth-order valence-corrected chi connectivity index (χ4v) is 4.18. The molecule has 2 N–H and O–H groups in total. The van der Waals surface area contributed by atoms with Crippen molar-refractivity contribution < 1.29 is 4.79 Å². The van der Waals surface area contributed by atoms with Gasteiger partial charge in [-0.2, -0.15) is 11.8 Å². The van der Waals surface area contributed by atoms with Crippen LogP contribution in [0.3, 0.4) is 0 Å². The molecule has 0 aliphatic carbocycles. The van der Waals surface area contributed by atoms with E-state index in [-0.39, 0.29) is 11.9 Å². The zero-order valence-electron chi connectivity index (χ0n) is 12.6. The van der Waals surface area contributed by atoms with Crippen LogP contribution < -0.4 is 15.5 Å². The summed E-state index contributed by atoms with van der Waals surface area (Å²) in [6.45, 7) is 2.83. The Balaban J connectivity index is 1.47. The summed E-state index contributed by atoms with van der Waals surface area (Å²) < 4.78 is 0. The van der Waals surface area contributed by atoms with Gasteiger partial charge in [-0.25, -0.2) is 0 Å². The summed E-state index contributed by atoms with van der Waals surface area (Å²) in [5, 5.41) is 7.34. The molecule has 2 heterocycles. The minimum Gasteiger partial charge on any atom is -0.369 e. The van der Waals surface area contributed by atoms with Gasteiger partial charge in [-0.15, -0.1) is 0 Å². The number of hydrogen-bond acceptors (Lipinski definition) is 4. The second kappa shape index (κ2) is 7.57. The summed E-state index contributed by atoms with van der Waals surface area (Å²) >= 11 is 7.97. The molecular weight excluding hydrogens is 318 g/mol. The van der Waals surface area contributed by atoms with Crippen LogP contribution in [-0.2, 0) is 4.79 Å². The molecule has 0 spiro atoms. The average molecular weight is 340 g/mol. The lowest BCUT2D eigenvalue weighted by Crippen LogP contribution is -2.44. The Morgan fingerprint density at radius 1 is 1.50 bits per heavy atom. The predicted molar refractivity (Wildman–Crippen MR) is 93.9 cm³/mol. The summed E-state index contributed by atoms with van der Waals surface area (Å²) in [5.74, 6) is 2.35. The van der Waals surface area contributed by atoms with Gasteiger partial charge in [-0.1, -0.05) is 17.7 Å². The van der Waals surface area contributed by atoms with Crippen LogP contribution in [0.1, 0.15) is 12.8 Å². The van der Waals surface area contributed by atoms with Gasteiger partial charge in [-0.3, -0.25) is 4.79 Å². The maximum absolute atomic E-state index is 12.2. The molecule has 2 atom stereocenters. The molecule has 1 amide bonds. The van der Waals surface area contributed by atoms with Gasteiger partial charge < -0.3 is 15.5 Å². The lowest BCUT2D eigenvalue weighted by Gasteiger charge is -2.23. The molecule has 4 nitrogen and oxygen atoms in total. The number of nitrogens with zero attached hydrogens (tertiary/aromatic N) is 1. The van der Waals surface area contributed by atoms with Crippen molar-refractivity contribution in [3.63, 3.8) is 0 Å². The van der Waals surface area contributed by atoms with Crippen LogP contribution in [-0.4, -0.2) is 49.1 Å². The van der Waals surface area contributed by atoms with Crippen LogP contribution in [0.5, 0.6) is 0 Å². The van der Waals surface area contributed by atoms with E-state index in [1.54, 1.807) is 0 Å². The van der Waals surface area contributed by atoms with Crippen molar-refractivity contribution >= 4 is 35.0 Å². The average Bonchev–Trinajstić information content (AvgIpc) is 2.96. The number of anilines is 1. The van der Waals surface area contributed by atoms with Crippen molar-refractivity contribution in [1.29, 1.82) is 0 Å². The minimum absolute atomic E-state index is 0.165. The van der Waals surface area contributed by atoms with Gasteiger partial charge in [0, 0.05) is 60.4 Å². The monoisotopic (exact) mass is 339 g/mol. The fourth-order valence-electron chi connectivity index (χ4n) is 3.05. The molecule has 3 rings (SSSR count). The Morgan fingerprint density at radius 3 is 3.18 bits per heavy atom. The highest BCUT2D eigenvalue weighted by atomic mass is 35.5. The van der Waals surface area contributed by atoms with Crippen LogP contribution in [0.15, 0.2) is 24.3 Å². The number of rotatable bonds is 4. The zero-order chi connectivity index (χ0) is 15.4. The lowest BCUT2D eigenvalue weighted by atomic mass is 10.2. The molecule has 0 radical (unpaired) electrons. The first-order valence-corrected chi connectivity index (χ1v) is 9.35. The van der Waals surface area contributed by atoms with Crippen molar-refractivity contribution in [3.8, 4) is 0 Å². The van der Waals surface area contributed by atoms with E-state index in [1.165, 1.54) is 0 Å². The Labute approximate surface area is 141 Å². The second-order valence-electron chi connectivity index (χ2n) is 5.91. The quantitative estimate of drug-likeness (QED) is 0.882. The van der Waals surface area contributed by atoms with Crippen LogP contribution in [0.25, 0.3) is 0 Å². The number of thioether (sulfide) groups is 1. The number of benzene rings is 1. The van der Waals surface area contributed by atoms with E-state index >= 15 is 0 Å². The molecule has 0 saturated carbocycles. The Morgan fingerprint density at radius 2 is 2.41 bits per heavy atom. The molecule has 22 heavy (non-hydrogen) atoms. The maximum Gasteiger partial charge on any atom is 0.221 e. The highest BCUT2D eigenvalue weighted by Crippen LogP contribution is 2.23. The number of amides is 1. The Hall–Kier alpha value is -0.910. The van der Waals surface area contributed by atoms with Crippen LogP contribution in [0, 0.1) is 0 Å². The highest BCUT2D eigenvalue weighted by Gasteiger charge is 2.25. The van der Waals surface area contributed by atoms with Gasteiger partial charge in [0.1, 0.15) is 0 Å². The van der Waals surface area contributed by atoms with Gasteiger partial charge in [0.15, 0.2) is 0 Å². The molecule has 2 unspecified atom stereocenters. The molecule has 0 aromatic heterocycles. The largest absolute Gasteiger partial charge is 0.369 e. The number of carbonyl (C=O) groups excluding carboxylic acids is 1. The normalized spacial score (nSPS) is 25.2. The van der Waals surface area contributed by atoms with Crippen molar-refractivity contribution in [2.75, 3.05) is 36.0 Å². The van der Waals surface area contributed by atoms with E-state index in [2.05, 4.69) is 21.6 Å². The third-order valence-electron chi connectivity index (χ3n) is 4.16. The first-order valence-electron chi connectivity index (χ1n) is 7.82. The highest BCUT2D eigenvalue weighted by molar-refractivity contribution is 7.99. The van der Waals surface area contributed by atoms with Crippen LogP contribution in [0.4, 0.5) is 5.69 Å². The molecule has 120 valence electrons. The number of nitrogens with one attached hydrogen (secondary N) is 2. The minimum atomic E-state index is 0.165. The molecule has 0 bridgehead atoms. The smallest absolute Gasteiger partial charge is 0.221 e. The standard InChI is InChI=1S/C16H22ClN3OS/c17-12-2-1-3-15(8-12)20-6-4-13(10-20)19-16(21)9-14-11-22-7-5-18-14/h1-3,8,13-14,18H,4-7,9-11H2,(H,19,21). The van der Waals surface area contributed by atoms with Crippen molar-refractivity contribution in [2.24, 2.45) is 0 Å². The van der Waals surface area contributed by atoms with Crippen molar-refractivity contribution in [3.05, 3.63) is 29.3 Å². The van der Waals surface area contributed by atoms with E-state index in [1.807, 2.05) is 30.0 Å². The predicted octanol–water partition coefficient (Wildman–Crippen LogP) is 2.13. The van der Waals surface area contributed by atoms with Crippen molar-refractivity contribution in [1.82, 2.24) is 10.6 Å². The Bertz CT molecular complexity index is 522. The molecule has 2 aliphatic heterocycles. The van der Waals surface area contributed by atoms with E-state index in [4.69, 9.17) is 11.6 Å². The van der Waals surface area contributed by atoms with Gasteiger partial charge in [-0.05, 0) is 24.6 Å². The third kappa shape index (κ3) is 4.31. The molecule has 2 saturated heterocycles. The van der Waals surface area contributed by atoms with Crippen molar-refractivity contribution in [2.45, 2.75) is 24.9 Å². The van der Waals surface area contributed by atoms with E-state index < -0.39 is 0 Å². The first-order chi connectivity index (χ1) is 10.7. The van der Waals surface area contributed by atoms with Gasteiger partial charge >= 0.3 is 0 Å². The third-order valence-corrected chi connectivity index (χ3v) is 5.52. The molecular formula is C16H22ClN3OS. The Kier molecular flexibility index (Phi) is 5.50. The molecule has 6 heteroatoms. The summed E-state index contributed by atoms with van der Waals surface area (Å²) in [4.78, 5) is 14.4. The molecule has 2 aliphatic rings. The molecule has 1 aromatic carbocycles. The lowest BCUT2D eigenvalue weighted by molar-refractivity contribution is -0.122. The zero-order valence-corrected chi connectivity index (χ0v) is 14.1. The second-order valence-corrected chi connectivity index (χ2v) is 7.50. The maximum atomic E-state index is 12.2. The van der Waals surface area contributed by atoms with Gasteiger partial charge in [0.05, 0.1) is 0 Å². The summed E-state index contributed by atoms with van der Waals surface area (Å²) in [5.41, 5.74) is 1.13. The van der Waals surface area contributed by atoms with Crippen LogP contribution in [0.2, 0.25) is 5.02 Å². The molecule has 2 fully saturated rings. The number of halogens is 1. The van der Waals surface area contributed by atoms with Gasteiger partial charge in [0.25, 0.3) is 0 Å². The molecule has 1 aromatic rings. The van der Waals surface area contributed by atoms with Gasteiger partial charge in [0.2, 0.25) is 5.91 Å². The number of hydrogen-bond donors (Lipinski definition) is 2. The fraction of sp³-hybridized carbons (Fsp3) is 0.562. The van der Waals surface area contributed by atoms with E-state index in [0.29, 0.717) is 12.5 Å². The van der Waals surface area contributed by atoms with Crippen LogP contribution >= 0.6 is 23.4 Å². The van der Waals surface area contributed by atoms with E-state index in [9.17, 15) is 4.79 Å². The number of carbonyl (C=O) groups is 1. The van der Waals surface area contributed by atoms with E-state index in [0.717, 1.165) is 48.3 Å². The SMILES string of the molecule is O=C(CC1CSCCN1)NC1CCN(c2cccc(Cl)c2)C1. The summed E-state index contributed by atoms with van der Waals surface area (Å²) in [6, 6.07) is 8.46.